The fourth-order valence-corrected chi connectivity index (χ4v) is 1.08. The second-order valence-electron chi connectivity index (χ2n) is 2.95. The minimum Gasteiger partial charge on any atom is -0.370 e. The summed E-state index contributed by atoms with van der Waals surface area (Å²) < 4.78 is 10.1. The molecule has 0 saturated heterocycles. The molecule has 0 spiro atoms. The lowest BCUT2D eigenvalue weighted by atomic mass is 10.4. The first-order chi connectivity index (χ1) is 7.90. The topological polar surface area (TPSA) is 100.0 Å². The van der Waals surface area contributed by atoms with Gasteiger partial charge >= 0.3 is 0 Å². The van der Waals surface area contributed by atoms with Crippen LogP contribution < -0.4 is 5.73 Å². The van der Waals surface area contributed by atoms with Crippen molar-refractivity contribution in [2.45, 2.75) is 6.61 Å². The van der Waals surface area contributed by atoms with Crippen molar-refractivity contribution in [2.75, 3.05) is 13.2 Å². The summed E-state index contributed by atoms with van der Waals surface area (Å²) in [7, 11) is 0. The zero-order valence-corrected chi connectivity index (χ0v) is 8.54. The zero-order valence-electron chi connectivity index (χ0n) is 8.54. The van der Waals surface area contributed by atoms with Gasteiger partial charge in [0.05, 0.1) is 6.61 Å². The molecule has 0 aliphatic rings. The second-order valence-corrected chi connectivity index (χ2v) is 2.95. The van der Waals surface area contributed by atoms with Crippen molar-refractivity contribution in [3.05, 3.63) is 24.5 Å². The lowest BCUT2D eigenvalue weighted by Crippen LogP contribution is -2.08. The third-order valence-electron chi connectivity index (χ3n) is 1.77. The molecule has 0 aliphatic carbocycles. The van der Waals surface area contributed by atoms with E-state index < -0.39 is 0 Å². The van der Waals surface area contributed by atoms with Crippen molar-refractivity contribution in [3.63, 3.8) is 0 Å². The Balaban J connectivity index is 2.02. The van der Waals surface area contributed by atoms with Crippen LogP contribution in [0.25, 0.3) is 11.5 Å². The van der Waals surface area contributed by atoms with Crippen molar-refractivity contribution in [1.29, 1.82) is 0 Å². The molecule has 7 heteroatoms. The van der Waals surface area contributed by atoms with E-state index in [-0.39, 0.29) is 6.61 Å². The maximum atomic E-state index is 5.28. The molecule has 0 bridgehead atoms. The van der Waals surface area contributed by atoms with Gasteiger partial charge in [-0.3, -0.25) is 0 Å². The molecule has 0 amide bonds. The monoisotopic (exact) mass is 221 g/mol. The lowest BCUT2D eigenvalue weighted by molar-refractivity contribution is 0.104. The van der Waals surface area contributed by atoms with Crippen LogP contribution in [0.4, 0.5) is 0 Å². The predicted octanol–water partition coefficient (Wildman–Crippen LogP) is 0.00190. The van der Waals surface area contributed by atoms with Gasteiger partial charge in [-0.1, -0.05) is 5.16 Å². The summed E-state index contributed by atoms with van der Waals surface area (Å²) >= 11 is 0. The number of ether oxygens (including phenoxy) is 1. The summed E-state index contributed by atoms with van der Waals surface area (Å²) in [5.74, 6) is 0.829. The number of aromatic nitrogens is 4. The van der Waals surface area contributed by atoms with Gasteiger partial charge in [-0.2, -0.15) is 4.98 Å². The van der Waals surface area contributed by atoms with Crippen molar-refractivity contribution in [3.8, 4) is 11.5 Å². The largest absolute Gasteiger partial charge is 0.370 e. The fourth-order valence-electron chi connectivity index (χ4n) is 1.08. The van der Waals surface area contributed by atoms with Crippen LogP contribution in [-0.4, -0.2) is 33.3 Å². The van der Waals surface area contributed by atoms with Gasteiger partial charge in [0.1, 0.15) is 18.6 Å². The molecule has 2 aromatic heterocycles. The summed E-state index contributed by atoms with van der Waals surface area (Å²) in [4.78, 5) is 11.9. The van der Waals surface area contributed by atoms with Crippen LogP contribution >= 0.6 is 0 Å². The van der Waals surface area contributed by atoms with E-state index in [0.717, 1.165) is 0 Å². The Kier molecular flexibility index (Phi) is 3.52. The van der Waals surface area contributed by atoms with E-state index in [1.807, 2.05) is 0 Å². The number of rotatable bonds is 5. The molecule has 16 heavy (non-hydrogen) atoms. The Morgan fingerprint density at radius 1 is 1.44 bits per heavy atom. The van der Waals surface area contributed by atoms with E-state index in [9.17, 15) is 0 Å². The molecule has 7 nitrogen and oxygen atoms in total. The predicted molar refractivity (Wildman–Crippen MR) is 54.0 cm³/mol. The van der Waals surface area contributed by atoms with Crippen LogP contribution in [0.1, 0.15) is 5.89 Å². The number of nitrogens with two attached hydrogens (primary N) is 1. The van der Waals surface area contributed by atoms with Crippen molar-refractivity contribution < 1.29 is 9.26 Å². The summed E-state index contributed by atoms with van der Waals surface area (Å²) in [6, 6.07) is 1.70. The highest BCUT2D eigenvalue weighted by molar-refractivity contribution is 5.46. The molecule has 2 rings (SSSR count). The van der Waals surface area contributed by atoms with E-state index in [4.69, 9.17) is 15.0 Å². The molecule has 0 aromatic carbocycles. The molecule has 0 saturated carbocycles. The van der Waals surface area contributed by atoms with Crippen LogP contribution in [-0.2, 0) is 11.3 Å². The average Bonchev–Trinajstić information content (AvgIpc) is 2.79. The molecule has 0 unspecified atom stereocenters. The number of hydrogen-bond acceptors (Lipinski definition) is 7. The molecule has 0 atom stereocenters. The first kappa shape index (κ1) is 10.7. The highest BCUT2D eigenvalue weighted by Crippen LogP contribution is 2.11. The first-order valence-electron chi connectivity index (χ1n) is 4.77. The third-order valence-corrected chi connectivity index (χ3v) is 1.77. The summed E-state index contributed by atoms with van der Waals surface area (Å²) in [5.41, 5.74) is 5.89. The molecule has 2 N–H and O–H groups in total. The molecule has 0 fully saturated rings. The molecular formula is C9H11N5O2. The van der Waals surface area contributed by atoms with Gasteiger partial charge in [-0.05, 0) is 6.07 Å². The highest BCUT2D eigenvalue weighted by atomic mass is 16.5. The lowest BCUT2D eigenvalue weighted by Gasteiger charge is -1.95. The van der Waals surface area contributed by atoms with Gasteiger partial charge in [0.25, 0.3) is 5.89 Å². The van der Waals surface area contributed by atoms with Crippen LogP contribution in [0.15, 0.2) is 23.1 Å². The molecule has 2 heterocycles. The van der Waals surface area contributed by atoms with Crippen LogP contribution in [0.5, 0.6) is 0 Å². The Morgan fingerprint density at radius 2 is 2.38 bits per heavy atom. The SMILES string of the molecule is NCCOCc1nc(-c2ccncn2)no1. The molecule has 84 valence electrons. The van der Waals surface area contributed by atoms with Crippen LogP contribution in [0.3, 0.4) is 0 Å². The molecule has 0 radical (unpaired) electrons. The highest BCUT2D eigenvalue weighted by Gasteiger charge is 2.08. The van der Waals surface area contributed by atoms with Gasteiger partial charge in [0.2, 0.25) is 5.82 Å². The number of hydrogen-bond donors (Lipinski definition) is 1. The van der Waals surface area contributed by atoms with E-state index >= 15 is 0 Å². The quantitative estimate of drug-likeness (QED) is 0.709. The Morgan fingerprint density at radius 3 is 3.12 bits per heavy atom. The van der Waals surface area contributed by atoms with Gasteiger partial charge in [-0.25, -0.2) is 9.97 Å². The summed E-state index contributed by atoms with van der Waals surface area (Å²) in [5, 5.41) is 3.78. The minimum absolute atomic E-state index is 0.259. The van der Waals surface area contributed by atoms with Gasteiger partial charge < -0.3 is 15.0 Å². The first-order valence-corrected chi connectivity index (χ1v) is 4.77. The smallest absolute Gasteiger partial charge is 0.253 e. The fraction of sp³-hybridized carbons (Fsp3) is 0.333. The van der Waals surface area contributed by atoms with E-state index in [0.29, 0.717) is 30.6 Å². The second kappa shape index (κ2) is 5.29. The zero-order chi connectivity index (χ0) is 11.2. The maximum Gasteiger partial charge on any atom is 0.253 e. The molecule has 0 aliphatic heterocycles. The Bertz CT molecular complexity index is 430. The van der Waals surface area contributed by atoms with Crippen LogP contribution in [0.2, 0.25) is 0 Å². The molecule has 2 aromatic rings. The van der Waals surface area contributed by atoms with Gasteiger partial charge in [-0.15, -0.1) is 0 Å². The summed E-state index contributed by atoms with van der Waals surface area (Å²) in [6.07, 6.45) is 3.04. The Labute approximate surface area is 91.7 Å². The Hall–Kier alpha value is -1.86. The van der Waals surface area contributed by atoms with E-state index in [1.165, 1.54) is 6.33 Å². The van der Waals surface area contributed by atoms with Gasteiger partial charge in [0, 0.05) is 12.7 Å². The van der Waals surface area contributed by atoms with E-state index in [2.05, 4.69) is 20.1 Å². The van der Waals surface area contributed by atoms with Crippen molar-refractivity contribution in [1.82, 2.24) is 20.1 Å². The van der Waals surface area contributed by atoms with Crippen molar-refractivity contribution >= 4 is 0 Å². The number of nitrogens with zero attached hydrogens (tertiary/aromatic N) is 4. The van der Waals surface area contributed by atoms with Gasteiger partial charge in [0.15, 0.2) is 0 Å². The normalized spacial score (nSPS) is 10.6. The standard InChI is InChI=1S/C9H11N5O2/c10-2-4-15-5-8-13-9(14-16-8)7-1-3-11-6-12-7/h1,3,6H,2,4-5,10H2. The minimum atomic E-state index is 0.259. The summed E-state index contributed by atoms with van der Waals surface area (Å²) in [6.45, 7) is 1.19. The third kappa shape index (κ3) is 2.59. The maximum absolute atomic E-state index is 5.28. The van der Waals surface area contributed by atoms with E-state index in [1.54, 1.807) is 12.3 Å². The van der Waals surface area contributed by atoms with Crippen LogP contribution in [0, 0.1) is 0 Å². The van der Waals surface area contributed by atoms with Crippen molar-refractivity contribution in [2.24, 2.45) is 5.73 Å². The molecular weight excluding hydrogens is 210 g/mol. The average molecular weight is 221 g/mol.